The third-order valence-corrected chi connectivity index (χ3v) is 5.22. The van der Waals surface area contributed by atoms with Gasteiger partial charge in [0.2, 0.25) is 11.6 Å². The van der Waals surface area contributed by atoms with Gasteiger partial charge in [0.15, 0.2) is 11.6 Å². The van der Waals surface area contributed by atoms with Gasteiger partial charge in [-0.3, -0.25) is 4.79 Å². The zero-order valence-electron chi connectivity index (χ0n) is 15.6. The Morgan fingerprint density at radius 2 is 2.07 bits per heavy atom. The van der Waals surface area contributed by atoms with Crippen molar-refractivity contribution in [3.8, 4) is 0 Å². The number of aromatic nitrogens is 2. The molecule has 1 aliphatic rings. The lowest BCUT2D eigenvalue weighted by Gasteiger charge is -2.33. The van der Waals surface area contributed by atoms with Crippen LogP contribution in [0.15, 0.2) is 28.9 Å². The van der Waals surface area contributed by atoms with Crippen molar-refractivity contribution in [1.82, 2.24) is 9.97 Å². The lowest BCUT2D eigenvalue weighted by Crippen LogP contribution is -2.41. The Bertz CT molecular complexity index is 1050. The molecule has 1 saturated heterocycles. The summed E-state index contributed by atoms with van der Waals surface area (Å²) in [4.78, 5) is 23.4. The van der Waals surface area contributed by atoms with E-state index in [1.54, 1.807) is 0 Å². The minimum Gasteiger partial charge on any atom is -0.443 e. The summed E-state index contributed by atoms with van der Waals surface area (Å²) in [6.07, 6.45) is 2.99. The SMILES string of the molecule is Cc1oc2ncnc(N3CCC[C@H](C(=O)Nc4ccc(F)c(F)c4)C3)c2c1C. The maximum Gasteiger partial charge on any atom is 0.231 e. The van der Waals surface area contributed by atoms with Gasteiger partial charge in [-0.05, 0) is 38.8 Å². The largest absolute Gasteiger partial charge is 0.443 e. The summed E-state index contributed by atoms with van der Waals surface area (Å²) in [6.45, 7) is 5.09. The van der Waals surface area contributed by atoms with Crippen LogP contribution in [0.2, 0.25) is 0 Å². The van der Waals surface area contributed by atoms with E-state index in [1.807, 2.05) is 13.8 Å². The molecule has 6 nitrogen and oxygen atoms in total. The van der Waals surface area contributed by atoms with Gasteiger partial charge in [0.05, 0.1) is 11.3 Å². The highest BCUT2D eigenvalue weighted by Gasteiger charge is 2.29. The topological polar surface area (TPSA) is 71.3 Å². The van der Waals surface area contributed by atoms with Crippen LogP contribution in [0.1, 0.15) is 24.2 Å². The first-order valence-corrected chi connectivity index (χ1v) is 9.15. The van der Waals surface area contributed by atoms with E-state index >= 15 is 0 Å². The number of benzene rings is 1. The minimum atomic E-state index is -0.989. The number of nitrogens with one attached hydrogen (secondary N) is 1. The fraction of sp³-hybridized carbons (Fsp3) is 0.350. The zero-order valence-corrected chi connectivity index (χ0v) is 15.6. The Morgan fingerprint density at radius 3 is 2.86 bits per heavy atom. The number of nitrogens with zero attached hydrogens (tertiary/aromatic N) is 3. The van der Waals surface area contributed by atoms with E-state index in [2.05, 4.69) is 20.2 Å². The second-order valence-corrected chi connectivity index (χ2v) is 7.06. The molecule has 2 aromatic heterocycles. The van der Waals surface area contributed by atoms with Crippen LogP contribution in [0.25, 0.3) is 11.1 Å². The summed E-state index contributed by atoms with van der Waals surface area (Å²) >= 11 is 0. The number of hydrogen-bond acceptors (Lipinski definition) is 5. The Balaban J connectivity index is 1.55. The summed E-state index contributed by atoms with van der Waals surface area (Å²) < 4.78 is 32.1. The lowest BCUT2D eigenvalue weighted by molar-refractivity contribution is -0.120. The predicted octanol–water partition coefficient (Wildman–Crippen LogP) is 3.97. The van der Waals surface area contributed by atoms with Crippen LogP contribution in [-0.4, -0.2) is 29.0 Å². The molecular formula is C20H20F2N4O2. The maximum absolute atomic E-state index is 13.4. The van der Waals surface area contributed by atoms with Gasteiger partial charge < -0.3 is 14.6 Å². The smallest absolute Gasteiger partial charge is 0.231 e. The summed E-state index contributed by atoms with van der Waals surface area (Å²) in [7, 11) is 0. The van der Waals surface area contributed by atoms with Crippen LogP contribution in [0.5, 0.6) is 0 Å². The highest BCUT2D eigenvalue weighted by molar-refractivity contribution is 5.94. The molecule has 28 heavy (non-hydrogen) atoms. The number of carbonyl (C=O) groups excluding carboxylic acids is 1. The molecule has 1 atom stereocenters. The van der Waals surface area contributed by atoms with Gasteiger partial charge in [0.25, 0.3) is 0 Å². The lowest BCUT2D eigenvalue weighted by atomic mass is 9.96. The summed E-state index contributed by atoms with van der Waals surface area (Å²) in [5, 5.41) is 3.54. The predicted molar refractivity (Wildman–Crippen MR) is 101 cm³/mol. The van der Waals surface area contributed by atoms with E-state index in [0.717, 1.165) is 47.6 Å². The van der Waals surface area contributed by atoms with Gasteiger partial charge in [-0.15, -0.1) is 0 Å². The van der Waals surface area contributed by atoms with Crippen LogP contribution in [0, 0.1) is 31.4 Å². The number of hydrogen-bond donors (Lipinski definition) is 1. The maximum atomic E-state index is 13.4. The van der Waals surface area contributed by atoms with Crippen molar-refractivity contribution in [3.63, 3.8) is 0 Å². The number of piperidine rings is 1. The van der Waals surface area contributed by atoms with Crippen LogP contribution in [-0.2, 0) is 4.79 Å². The Hall–Kier alpha value is -3.03. The number of halogens is 2. The van der Waals surface area contributed by atoms with Crippen molar-refractivity contribution >= 4 is 28.5 Å². The molecular weight excluding hydrogens is 366 g/mol. The number of carbonyl (C=O) groups is 1. The van der Waals surface area contributed by atoms with Crippen LogP contribution in [0.3, 0.4) is 0 Å². The van der Waals surface area contributed by atoms with Crippen LogP contribution >= 0.6 is 0 Å². The molecule has 146 valence electrons. The molecule has 1 aromatic carbocycles. The molecule has 1 N–H and O–H groups in total. The Labute approximate surface area is 160 Å². The van der Waals surface area contributed by atoms with E-state index in [9.17, 15) is 13.6 Å². The molecule has 0 unspecified atom stereocenters. The second-order valence-electron chi connectivity index (χ2n) is 7.06. The van der Waals surface area contributed by atoms with Gasteiger partial charge in [-0.25, -0.2) is 18.7 Å². The fourth-order valence-corrected chi connectivity index (χ4v) is 3.61. The van der Waals surface area contributed by atoms with Crippen LogP contribution < -0.4 is 10.2 Å². The molecule has 8 heteroatoms. The minimum absolute atomic E-state index is 0.221. The number of fused-ring (bicyclic) bond motifs is 1. The monoisotopic (exact) mass is 386 g/mol. The molecule has 3 aromatic rings. The normalized spacial score (nSPS) is 17.1. The van der Waals surface area contributed by atoms with E-state index in [-0.39, 0.29) is 17.5 Å². The Morgan fingerprint density at radius 1 is 1.25 bits per heavy atom. The first kappa shape index (κ1) is 18.3. The molecule has 3 heterocycles. The van der Waals surface area contributed by atoms with Crippen molar-refractivity contribution in [2.24, 2.45) is 5.92 Å². The van der Waals surface area contributed by atoms with Gasteiger partial charge in [0.1, 0.15) is 17.9 Å². The zero-order chi connectivity index (χ0) is 19.8. The number of rotatable bonds is 3. The van der Waals surface area contributed by atoms with Crippen molar-refractivity contribution in [2.45, 2.75) is 26.7 Å². The molecule has 1 aliphatic heterocycles. The quantitative estimate of drug-likeness (QED) is 0.737. The average Bonchev–Trinajstić information content (AvgIpc) is 2.99. The highest BCUT2D eigenvalue weighted by atomic mass is 19.2. The first-order chi connectivity index (χ1) is 13.4. The Kier molecular flexibility index (Phi) is 4.70. The third kappa shape index (κ3) is 3.30. The van der Waals surface area contributed by atoms with E-state index in [0.29, 0.717) is 18.7 Å². The molecule has 1 fully saturated rings. The number of anilines is 2. The molecule has 1 amide bonds. The average molecular weight is 386 g/mol. The van der Waals surface area contributed by atoms with Crippen molar-refractivity contribution in [2.75, 3.05) is 23.3 Å². The van der Waals surface area contributed by atoms with E-state index in [1.165, 1.54) is 12.4 Å². The first-order valence-electron chi connectivity index (χ1n) is 9.15. The number of aryl methyl sites for hydroxylation is 2. The number of furan rings is 1. The second kappa shape index (κ2) is 7.18. The van der Waals surface area contributed by atoms with Crippen molar-refractivity contribution < 1.29 is 18.0 Å². The number of amides is 1. The molecule has 0 saturated carbocycles. The van der Waals surface area contributed by atoms with Gasteiger partial charge in [-0.2, -0.15) is 0 Å². The third-order valence-electron chi connectivity index (χ3n) is 5.22. The van der Waals surface area contributed by atoms with Gasteiger partial charge >= 0.3 is 0 Å². The summed E-state index contributed by atoms with van der Waals surface area (Å²) in [6, 6.07) is 3.33. The summed E-state index contributed by atoms with van der Waals surface area (Å²) in [5.41, 5.74) is 1.76. The molecule has 0 aliphatic carbocycles. The molecule has 4 rings (SSSR count). The highest BCUT2D eigenvalue weighted by Crippen LogP contribution is 2.32. The van der Waals surface area contributed by atoms with E-state index < -0.39 is 11.6 Å². The van der Waals surface area contributed by atoms with Crippen molar-refractivity contribution in [1.29, 1.82) is 0 Å². The van der Waals surface area contributed by atoms with Crippen molar-refractivity contribution in [3.05, 3.63) is 47.5 Å². The van der Waals surface area contributed by atoms with Crippen LogP contribution in [0.4, 0.5) is 20.3 Å². The van der Waals surface area contributed by atoms with E-state index in [4.69, 9.17) is 4.42 Å². The van der Waals surface area contributed by atoms with Gasteiger partial charge in [0, 0.05) is 30.4 Å². The standard InChI is InChI=1S/C20H20F2N4O2/c1-11-12(2)28-20-17(11)18(23-10-24-20)26-7-3-4-13(9-26)19(27)25-14-5-6-15(21)16(22)8-14/h5-6,8,10,13H,3-4,7,9H2,1-2H3,(H,25,27)/t13-/m0/s1. The summed E-state index contributed by atoms with van der Waals surface area (Å²) in [5.74, 6) is -0.898. The molecule has 0 bridgehead atoms. The molecule has 0 spiro atoms. The fourth-order valence-electron chi connectivity index (χ4n) is 3.61. The molecule has 0 radical (unpaired) electrons. The van der Waals surface area contributed by atoms with Gasteiger partial charge in [-0.1, -0.05) is 0 Å².